The van der Waals surface area contributed by atoms with Gasteiger partial charge >= 0.3 is 0 Å². The Labute approximate surface area is 119 Å². The molecule has 1 aromatic carbocycles. The predicted octanol–water partition coefficient (Wildman–Crippen LogP) is 1.89. The van der Waals surface area contributed by atoms with E-state index < -0.39 is 9.84 Å². The molecule has 4 nitrogen and oxygen atoms in total. The predicted molar refractivity (Wildman–Crippen MR) is 76.1 cm³/mol. The fourth-order valence-corrected chi connectivity index (χ4v) is 3.95. The van der Waals surface area contributed by atoms with E-state index in [4.69, 9.17) is 5.11 Å². The van der Waals surface area contributed by atoms with Gasteiger partial charge in [-0.1, -0.05) is 18.2 Å². The lowest BCUT2D eigenvalue weighted by molar-refractivity contribution is -0.115. The summed E-state index contributed by atoms with van der Waals surface area (Å²) < 4.78 is 24.6. The Bertz CT molecular complexity index is 615. The SMILES string of the molecule is O=C1CCC(CS(=O)(=O)c2ccccc2)=C1CCCO. The van der Waals surface area contributed by atoms with Crippen LogP contribution in [0, 0.1) is 0 Å². The summed E-state index contributed by atoms with van der Waals surface area (Å²) in [6.07, 6.45) is 1.87. The van der Waals surface area contributed by atoms with Gasteiger partial charge in [-0.2, -0.15) is 0 Å². The Morgan fingerprint density at radius 3 is 2.45 bits per heavy atom. The van der Waals surface area contributed by atoms with E-state index in [9.17, 15) is 13.2 Å². The molecule has 20 heavy (non-hydrogen) atoms. The zero-order valence-corrected chi connectivity index (χ0v) is 12.0. The molecule has 0 aliphatic heterocycles. The van der Waals surface area contributed by atoms with E-state index in [1.165, 1.54) is 0 Å². The Hall–Kier alpha value is -1.46. The van der Waals surface area contributed by atoms with Crippen LogP contribution >= 0.6 is 0 Å². The van der Waals surface area contributed by atoms with Crippen LogP contribution in [0.4, 0.5) is 0 Å². The molecule has 0 saturated carbocycles. The molecule has 0 saturated heterocycles. The lowest BCUT2D eigenvalue weighted by Crippen LogP contribution is -2.10. The molecule has 0 atom stereocenters. The van der Waals surface area contributed by atoms with E-state index in [2.05, 4.69) is 0 Å². The minimum Gasteiger partial charge on any atom is -0.396 e. The Balaban J connectivity index is 2.23. The quantitative estimate of drug-likeness (QED) is 0.869. The Morgan fingerprint density at radius 1 is 1.10 bits per heavy atom. The van der Waals surface area contributed by atoms with Crippen molar-refractivity contribution in [3.05, 3.63) is 41.5 Å². The van der Waals surface area contributed by atoms with Crippen LogP contribution in [0.25, 0.3) is 0 Å². The second kappa shape index (κ2) is 6.33. The monoisotopic (exact) mass is 294 g/mol. The second-order valence-corrected chi connectivity index (χ2v) is 6.89. The van der Waals surface area contributed by atoms with Gasteiger partial charge in [0.1, 0.15) is 0 Å². The van der Waals surface area contributed by atoms with Gasteiger partial charge in [-0.3, -0.25) is 4.79 Å². The topological polar surface area (TPSA) is 71.4 Å². The summed E-state index contributed by atoms with van der Waals surface area (Å²) in [6.45, 7) is 0.00942. The molecule has 0 fully saturated rings. The van der Waals surface area contributed by atoms with Gasteiger partial charge < -0.3 is 5.11 Å². The third-order valence-corrected chi connectivity index (χ3v) is 5.19. The van der Waals surface area contributed by atoms with Crippen molar-refractivity contribution in [2.24, 2.45) is 0 Å². The van der Waals surface area contributed by atoms with Crippen molar-refractivity contribution >= 4 is 15.6 Å². The lowest BCUT2D eigenvalue weighted by atomic mass is 10.1. The molecule has 0 heterocycles. The van der Waals surface area contributed by atoms with Crippen LogP contribution in [-0.2, 0) is 14.6 Å². The van der Waals surface area contributed by atoms with Gasteiger partial charge in [-0.15, -0.1) is 0 Å². The number of benzene rings is 1. The third kappa shape index (κ3) is 3.35. The third-order valence-electron chi connectivity index (χ3n) is 3.47. The van der Waals surface area contributed by atoms with E-state index in [1.807, 2.05) is 0 Å². The standard InChI is InChI=1S/C15H18O4S/c16-10-4-7-14-12(8-9-15(14)17)11-20(18,19)13-5-2-1-3-6-13/h1-3,5-6,16H,4,7-11H2. The first-order chi connectivity index (χ1) is 9.54. The molecule has 2 rings (SSSR count). The number of carbonyl (C=O) groups is 1. The number of aliphatic hydroxyl groups is 1. The van der Waals surface area contributed by atoms with Gasteiger partial charge in [-0.05, 0) is 42.5 Å². The molecular formula is C15H18O4S. The molecule has 1 aliphatic carbocycles. The Morgan fingerprint density at radius 2 is 1.80 bits per heavy atom. The lowest BCUT2D eigenvalue weighted by Gasteiger charge is -2.07. The summed E-state index contributed by atoms with van der Waals surface area (Å²) in [5.74, 6) is -0.0690. The molecule has 0 spiro atoms. The minimum absolute atomic E-state index is 0.00942. The van der Waals surface area contributed by atoms with Crippen molar-refractivity contribution < 1.29 is 18.3 Å². The smallest absolute Gasteiger partial charge is 0.182 e. The maximum absolute atomic E-state index is 12.3. The van der Waals surface area contributed by atoms with Gasteiger partial charge in [0.25, 0.3) is 0 Å². The van der Waals surface area contributed by atoms with E-state index in [0.29, 0.717) is 36.8 Å². The molecule has 0 unspecified atom stereocenters. The fraction of sp³-hybridized carbons (Fsp3) is 0.400. The second-order valence-electron chi connectivity index (χ2n) is 4.90. The van der Waals surface area contributed by atoms with Crippen LogP contribution in [0.1, 0.15) is 25.7 Å². The van der Waals surface area contributed by atoms with Gasteiger partial charge in [0.2, 0.25) is 0 Å². The van der Waals surface area contributed by atoms with Crippen LogP contribution in [0.2, 0.25) is 0 Å². The average molecular weight is 294 g/mol. The number of sulfone groups is 1. The summed E-state index contributed by atoms with van der Waals surface area (Å²) in [5, 5.41) is 8.86. The van der Waals surface area contributed by atoms with Crippen LogP contribution in [0.5, 0.6) is 0 Å². The highest BCUT2D eigenvalue weighted by molar-refractivity contribution is 7.91. The van der Waals surface area contributed by atoms with Crippen LogP contribution < -0.4 is 0 Å². The number of aliphatic hydroxyl groups excluding tert-OH is 1. The van der Waals surface area contributed by atoms with Crippen molar-refractivity contribution in [3.8, 4) is 0 Å². The summed E-state index contributed by atoms with van der Waals surface area (Å²) in [7, 11) is -3.40. The highest BCUT2D eigenvalue weighted by Gasteiger charge is 2.26. The highest BCUT2D eigenvalue weighted by Crippen LogP contribution is 2.29. The van der Waals surface area contributed by atoms with Crippen LogP contribution in [-0.4, -0.2) is 31.7 Å². The van der Waals surface area contributed by atoms with Crippen molar-refractivity contribution in [1.29, 1.82) is 0 Å². The summed E-state index contributed by atoms with van der Waals surface area (Å²) in [4.78, 5) is 12.1. The van der Waals surface area contributed by atoms with Crippen molar-refractivity contribution in [3.63, 3.8) is 0 Å². The summed E-state index contributed by atoms with van der Waals surface area (Å²) in [5.41, 5.74) is 1.32. The zero-order valence-electron chi connectivity index (χ0n) is 11.2. The van der Waals surface area contributed by atoms with Crippen molar-refractivity contribution in [2.45, 2.75) is 30.6 Å². The van der Waals surface area contributed by atoms with E-state index in [-0.39, 0.29) is 23.0 Å². The van der Waals surface area contributed by atoms with E-state index in [1.54, 1.807) is 30.3 Å². The number of carbonyl (C=O) groups excluding carboxylic acids is 1. The number of hydrogen-bond donors (Lipinski definition) is 1. The molecule has 1 N–H and O–H groups in total. The molecule has 0 radical (unpaired) electrons. The molecule has 0 bridgehead atoms. The average Bonchev–Trinajstić information content (AvgIpc) is 2.77. The van der Waals surface area contributed by atoms with Crippen molar-refractivity contribution in [2.75, 3.05) is 12.4 Å². The maximum atomic E-state index is 12.3. The maximum Gasteiger partial charge on any atom is 0.182 e. The summed E-state index contributed by atoms with van der Waals surface area (Å²) >= 11 is 0. The number of hydrogen-bond acceptors (Lipinski definition) is 4. The molecular weight excluding hydrogens is 276 g/mol. The van der Waals surface area contributed by atoms with Gasteiger partial charge in [0.05, 0.1) is 10.6 Å². The first-order valence-corrected chi connectivity index (χ1v) is 8.32. The fourth-order valence-electron chi connectivity index (χ4n) is 2.44. The van der Waals surface area contributed by atoms with Crippen molar-refractivity contribution in [1.82, 2.24) is 0 Å². The van der Waals surface area contributed by atoms with Gasteiger partial charge in [-0.25, -0.2) is 8.42 Å². The van der Waals surface area contributed by atoms with Gasteiger partial charge in [0, 0.05) is 13.0 Å². The first kappa shape index (κ1) is 14.9. The van der Waals surface area contributed by atoms with Crippen LogP contribution in [0.3, 0.4) is 0 Å². The Kier molecular flexibility index (Phi) is 4.73. The molecule has 1 aromatic rings. The molecule has 1 aliphatic rings. The van der Waals surface area contributed by atoms with E-state index >= 15 is 0 Å². The largest absolute Gasteiger partial charge is 0.396 e. The molecule has 0 aromatic heterocycles. The molecule has 5 heteroatoms. The molecule has 0 amide bonds. The van der Waals surface area contributed by atoms with Gasteiger partial charge in [0.15, 0.2) is 15.6 Å². The normalized spacial score (nSPS) is 15.9. The number of Topliss-reactive ketones (excluding diaryl/α,β-unsaturated/α-hetero) is 1. The van der Waals surface area contributed by atoms with Crippen LogP contribution in [0.15, 0.2) is 46.4 Å². The number of allylic oxidation sites excluding steroid dienone is 1. The first-order valence-electron chi connectivity index (χ1n) is 6.67. The summed E-state index contributed by atoms with van der Waals surface area (Å²) in [6, 6.07) is 8.28. The minimum atomic E-state index is -3.40. The number of rotatable bonds is 6. The number of ketones is 1. The zero-order chi connectivity index (χ0) is 14.6. The van der Waals surface area contributed by atoms with E-state index in [0.717, 1.165) is 0 Å². The molecule has 108 valence electrons. The highest BCUT2D eigenvalue weighted by atomic mass is 32.2.